The Morgan fingerprint density at radius 3 is 1.55 bits per heavy atom. The van der Waals surface area contributed by atoms with Crippen LogP contribution in [-0.4, -0.2) is 49.4 Å². The molecule has 0 aromatic heterocycles. The number of rotatable bonds is 10. The van der Waals surface area contributed by atoms with Gasteiger partial charge in [-0.25, -0.2) is 0 Å². The molecule has 0 bridgehead atoms. The molecule has 0 fully saturated rings. The molecule has 0 heterocycles. The first-order chi connectivity index (χ1) is 13.8. The molecule has 0 atom stereocenters. The van der Waals surface area contributed by atoms with Gasteiger partial charge >= 0.3 is 35.8 Å². The van der Waals surface area contributed by atoms with Gasteiger partial charge in [0, 0.05) is 19.5 Å². The summed E-state index contributed by atoms with van der Waals surface area (Å²) >= 11 is 0. The van der Waals surface area contributed by atoms with E-state index < -0.39 is 48.8 Å². The third kappa shape index (κ3) is 4.80. The maximum atomic E-state index is 13.6. The molecule has 0 amide bonds. The van der Waals surface area contributed by atoms with E-state index in [0.29, 0.717) is 11.3 Å². The fourth-order valence-corrected chi connectivity index (χ4v) is 2.18. The van der Waals surface area contributed by atoms with Gasteiger partial charge < -0.3 is 10.1 Å². The molecular weight excluding hydrogens is 469 g/mol. The van der Waals surface area contributed by atoms with E-state index in [2.05, 4.69) is 5.32 Å². The minimum atomic E-state index is -7.87. The molecule has 1 aromatic carbocycles. The van der Waals surface area contributed by atoms with Crippen LogP contribution >= 0.6 is 0 Å². The van der Waals surface area contributed by atoms with E-state index in [9.17, 15) is 57.1 Å². The molecule has 0 saturated carbocycles. The van der Waals surface area contributed by atoms with E-state index >= 15 is 0 Å². The number of hydrogen-bond acceptors (Lipinski definition) is 2. The third-order valence-electron chi connectivity index (χ3n) is 4.10. The summed E-state index contributed by atoms with van der Waals surface area (Å²) in [6, 6.07) is 5.63. The SMILES string of the molecule is COc1ccc(CNCCC(F)(F)C(F)(F)C(F)(F)C(F)(F)C(F)(F)C(F)(F)F)cc1. The van der Waals surface area contributed by atoms with Crippen LogP contribution in [0.25, 0.3) is 0 Å². The quantitative estimate of drug-likeness (QED) is 0.330. The van der Waals surface area contributed by atoms with Crippen LogP contribution in [0.3, 0.4) is 0 Å². The predicted molar refractivity (Wildman–Crippen MR) is 80.1 cm³/mol. The molecular formula is C16H14F13NO. The topological polar surface area (TPSA) is 21.3 Å². The predicted octanol–water partition coefficient (Wildman–Crippen LogP) is 5.91. The average Bonchev–Trinajstić information content (AvgIpc) is 2.64. The van der Waals surface area contributed by atoms with Crippen molar-refractivity contribution < 1.29 is 61.8 Å². The van der Waals surface area contributed by atoms with Gasteiger partial charge in [-0.2, -0.15) is 57.1 Å². The normalized spacial score (nSPS) is 14.6. The van der Waals surface area contributed by atoms with Crippen LogP contribution in [0.5, 0.6) is 5.75 Å². The molecule has 0 saturated heterocycles. The first-order valence-corrected chi connectivity index (χ1v) is 8.05. The van der Waals surface area contributed by atoms with Crippen molar-refractivity contribution in [2.24, 2.45) is 0 Å². The van der Waals surface area contributed by atoms with Crippen LogP contribution in [0, 0.1) is 0 Å². The number of nitrogens with one attached hydrogen (secondary N) is 1. The molecule has 2 nitrogen and oxygen atoms in total. The second kappa shape index (κ2) is 8.54. The number of benzene rings is 1. The lowest BCUT2D eigenvalue weighted by atomic mass is 9.92. The molecule has 0 aliphatic rings. The minimum absolute atomic E-state index is 0.287. The van der Waals surface area contributed by atoms with Crippen molar-refractivity contribution in [3.63, 3.8) is 0 Å². The summed E-state index contributed by atoms with van der Waals surface area (Å²) in [5.41, 5.74) is 0.373. The largest absolute Gasteiger partial charge is 0.497 e. The second-order valence-electron chi connectivity index (χ2n) is 6.27. The van der Waals surface area contributed by atoms with E-state index in [1.165, 1.54) is 31.4 Å². The highest BCUT2D eigenvalue weighted by atomic mass is 19.4. The van der Waals surface area contributed by atoms with Gasteiger partial charge in [0.05, 0.1) is 7.11 Å². The summed E-state index contributed by atoms with van der Waals surface area (Å²) in [5.74, 6) is -36.3. The van der Waals surface area contributed by atoms with Crippen molar-refractivity contribution in [2.75, 3.05) is 13.7 Å². The molecule has 1 rings (SSSR count). The smallest absolute Gasteiger partial charge is 0.460 e. The lowest BCUT2D eigenvalue weighted by Crippen LogP contribution is -2.70. The van der Waals surface area contributed by atoms with Crippen LogP contribution in [0.15, 0.2) is 24.3 Å². The Kier molecular flexibility index (Phi) is 7.47. The van der Waals surface area contributed by atoms with Gasteiger partial charge in [-0.05, 0) is 17.7 Å². The van der Waals surface area contributed by atoms with Crippen molar-refractivity contribution in [3.05, 3.63) is 29.8 Å². The third-order valence-corrected chi connectivity index (χ3v) is 4.10. The minimum Gasteiger partial charge on any atom is -0.497 e. The van der Waals surface area contributed by atoms with Gasteiger partial charge in [0.25, 0.3) is 0 Å². The molecule has 0 aliphatic heterocycles. The summed E-state index contributed by atoms with van der Waals surface area (Å²) in [7, 11) is 1.33. The zero-order chi connectivity index (χ0) is 24.5. The Balaban J connectivity index is 2.95. The number of halogens is 13. The number of ether oxygens (including phenoxy) is 1. The molecule has 0 aliphatic carbocycles. The summed E-state index contributed by atoms with van der Waals surface area (Å²) in [4.78, 5) is 0. The Morgan fingerprint density at radius 1 is 0.677 bits per heavy atom. The van der Waals surface area contributed by atoms with Gasteiger partial charge in [0.1, 0.15) is 5.75 Å². The van der Waals surface area contributed by atoms with Gasteiger partial charge in [-0.15, -0.1) is 0 Å². The van der Waals surface area contributed by atoms with Crippen LogP contribution in [0.1, 0.15) is 12.0 Å². The van der Waals surface area contributed by atoms with E-state index in [1.807, 2.05) is 0 Å². The van der Waals surface area contributed by atoms with E-state index in [1.54, 1.807) is 0 Å². The Bertz CT molecular complexity index is 728. The second-order valence-corrected chi connectivity index (χ2v) is 6.27. The standard InChI is InChI=1S/C16H14F13NO/c1-31-10-4-2-9(3-5-10)8-30-7-6-11(17,18)12(19,20)13(21,22)14(23,24)15(25,26)16(27,28)29/h2-5,30H,6-8H2,1H3. The Hall–Kier alpha value is -1.93. The summed E-state index contributed by atoms with van der Waals surface area (Å²) in [6.45, 7) is -1.49. The maximum Gasteiger partial charge on any atom is 0.460 e. The van der Waals surface area contributed by atoms with Crippen molar-refractivity contribution in [1.29, 1.82) is 0 Å². The van der Waals surface area contributed by atoms with Crippen molar-refractivity contribution in [1.82, 2.24) is 5.32 Å². The van der Waals surface area contributed by atoms with Crippen LogP contribution < -0.4 is 10.1 Å². The zero-order valence-corrected chi connectivity index (χ0v) is 15.3. The molecule has 0 radical (unpaired) electrons. The van der Waals surface area contributed by atoms with E-state index in [0.717, 1.165) is 0 Å². The monoisotopic (exact) mass is 483 g/mol. The number of methoxy groups -OCH3 is 1. The molecule has 180 valence electrons. The van der Waals surface area contributed by atoms with Gasteiger partial charge in [0.2, 0.25) is 0 Å². The highest BCUT2D eigenvalue weighted by Crippen LogP contribution is 2.60. The lowest BCUT2D eigenvalue weighted by Gasteiger charge is -2.39. The highest BCUT2D eigenvalue weighted by Gasteiger charge is 2.90. The van der Waals surface area contributed by atoms with Crippen molar-refractivity contribution in [3.8, 4) is 5.75 Å². The summed E-state index contributed by atoms with van der Waals surface area (Å²) in [6.07, 6.45) is -9.69. The number of hydrogen-bond donors (Lipinski definition) is 1. The first-order valence-electron chi connectivity index (χ1n) is 8.05. The van der Waals surface area contributed by atoms with Crippen LogP contribution in [0.4, 0.5) is 57.1 Å². The average molecular weight is 483 g/mol. The lowest BCUT2D eigenvalue weighted by molar-refractivity contribution is -0.440. The Morgan fingerprint density at radius 2 is 1.13 bits per heavy atom. The van der Waals surface area contributed by atoms with Crippen LogP contribution in [-0.2, 0) is 6.54 Å². The van der Waals surface area contributed by atoms with Gasteiger partial charge in [0.15, 0.2) is 0 Å². The van der Waals surface area contributed by atoms with E-state index in [4.69, 9.17) is 4.74 Å². The molecule has 0 unspecified atom stereocenters. The molecule has 1 aromatic rings. The molecule has 15 heteroatoms. The molecule has 0 spiro atoms. The molecule has 1 N–H and O–H groups in total. The fourth-order valence-electron chi connectivity index (χ4n) is 2.18. The Labute approximate surface area is 166 Å². The van der Waals surface area contributed by atoms with Gasteiger partial charge in [-0.3, -0.25) is 0 Å². The zero-order valence-electron chi connectivity index (χ0n) is 15.3. The summed E-state index contributed by atoms with van der Waals surface area (Å²) < 4.78 is 173. The maximum absolute atomic E-state index is 13.6. The molecule has 31 heavy (non-hydrogen) atoms. The van der Waals surface area contributed by atoms with Crippen molar-refractivity contribution >= 4 is 0 Å². The highest BCUT2D eigenvalue weighted by molar-refractivity contribution is 5.27. The van der Waals surface area contributed by atoms with Gasteiger partial charge in [-0.1, -0.05) is 12.1 Å². The van der Waals surface area contributed by atoms with Crippen molar-refractivity contribution in [2.45, 2.75) is 48.8 Å². The summed E-state index contributed by atoms with van der Waals surface area (Å²) in [5, 5.41) is 2.10. The number of alkyl halides is 13. The fraction of sp³-hybridized carbons (Fsp3) is 0.625. The van der Waals surface area contributed by atoms with E-state index in [-0.39, 0.29) is 6.54 Å². The first kappa shape index (κ1) is 27.1. The van der Waals surface area contributed by atoms with Crippen LogP contribution in [0.2, 0.25) is 0 Å².